The van der Waals surface area contributed by atoms with Gasteiger partial charge in [-0.1, -0.05) is 18.2 Å². The van der Waals surface area contributed by atoms with Crippen LogP contribution in [0.5, 0.6) is 0 Å². The zero-order valence-electron chi connectivity index (χ0n) is 12.3. The van der Waals surface area contributed by atoms with Gasteiger partial charge < -0.3 is 0 Å². The predicted molar refractivity (Wildman–Crippen MR) is 81.5 cm³/mol. The Morgan fingerprint density at radius 3 is 2.58 bits per heavy atom. The minimum absolute atomic E-state index is 0.206. The van der Waals surface area contributed by atoms with E-state index < -0.39 is 29.9 Å². The van der Waals surface area contributed by atoms with Crippen LogP contribution in [-0.2, 0) is 11.3 Å². The highest BCUT2D eigenvalue weighted by Gasteiger charge is 2.13. The molecule has 0 fully saturated rings. The Kier molecular flexibility index (Phi) is 4.06. The zero-order valence-corrected chi connectivity index (χ0v) is 12.3. The van der Waals surface area contributed by atoms with Crippen LogP contribution in [-0.4, -0.2) is 26.0 Å². The van der Waals surface area contributed by atoms with E-state index in [2.05, 4.69) is 16.0 Å². The summed E-state index contributed by atoms with van der Waals surface area (Å²) in [5.74, 6) is -2.19. The zero-order chi connectivity index (χ0) is 17.1. The number of pyridine rings is 1. The standard InChI is InChI=1S/C15H12FN5O3/c16-11-6-2-1-5-10(11)14(23)18-17-13(22)9-21-15(24)20-8-4-3-7-12(20)19-21/h1-8H,9H2,(H,17,22)(H,18,23). The Morgan fingerprint density at radius 2 is 1.83 bits per heavy atom. The summed E-state index contributed by atoms with van der Waals surface area (Å²) in [6.45, 7) is -0.391. The number of fused-ring (bicyclic) bond motifs is 1. The molecule has 0 saturated heterocycles. The van der Waals surface area contributed by atoms with Gasteiger partial charge in [0.15, 0.2) is 5.65 Å². The number of amides is 2. The summed E-state index contributed by atoms with van der Waals surface area (Å²) < 4.78 is 15.7. The van der Waals surface area contributed by atoms with Crippen LogP contribution in [0.25, 0.3) is 5.65 Å². The van der Waals surface area contributed by atoms with Gasteiger partial charge in [0.1, 0.15) is 12.4 Å². The first-order valence-electron chi connectivity index (χ1n) is 6.94. The maximum absolute atomic E-state index is 13.5. The van der Waals surface area contributed by atoms with Gasteiger partial charge >= 0.3 is 5.69 Å². The summed E-state index contributed by atoms with van der Waals surface area (Å²) in [6, 6.07) is 10.3. The lowest BCUT2D eigenvalue weighted by Gasteiger charge is -2.07. The molecule has 2 N–H and O–H groups in total. The number of hydrazine groups is 1. The third kappa shape index (κ3) is 3.00. The number of carbonyl (C=O) groups excluding carboxylic acids is 2. The molecule has 3 aromatic rings. The molecule has 3 rings (SSSR count). The largest absolute Gasteiger partial charge is 0.350 e. The number of rotatable bonds is 3. The molecule has 2 heterocycles. The fourth-order valence-corrected chi connectivity index (χ4v) is 2.09. The SMILES string of the molecule is O=C(Cn1nc2ccccn2c1=O)NNC(=O)c1ccccc1F. The van der Waals surface area contributed by atoms with E-state index in [1.165, 1.54) is 28.8 Å². The second-order valence-corrected chi connectivity index (χ2v) is 4.85. The molecule has 8 nitrogen and oxygen atoms in total. The van der Waals surface area contributed by atoms with Crippen LogP contribution in [0.3, 0.4) is 0 Å². The van der Waals surface area contributed by atoms with E-state index >= 15 is 0 Å². The molecule has 0 aliphatic rings. The first-order valence-corrected chi connectivity index (χ1v) is 6.94. The van der Waals surface area contributed by atoms with Crippen LogP contribution < -0.4 is 16.5 Å². The van der Waals surface area contributed by atoms with E-state index in [-0.39, 0.29) is 5.56 Å². The second kappa shape index (κ2) is 6.32. The van der Waals surface area contributed by atoms with Crippen molar-refractivity contribution < 1.29 is 14.0 Å². The Balaban J connectivity index is 1.65. The molecule has 0 radical (unpaired) electrons. The van der Waals surface area contributed by atoms with Crippen molar-refractivity contribution in [3.05, 3.63) is 70.5 Å². The van der Waals surface area contributed by atoms with Gasteiger partial charge in [0, 0.05) is 6.20 Å². The molecule has 0 aliphatic heterocycles. The molecule has 2 aromatic heterocycles. The predicted octanol–water partition coefficient (Wildman–Crippen LogP) is 0.0963. The first kappa shape index (κ1) is 15.4. The fraction of sp³-hybridized carbons (Fsp3) is 0.0667. The van der Waals surface area contributed by atoms with E-state index in [1.54, 1.807) is 18.2 Å². The highest BCUT2D eigenvalue weighted by Crippen LogP contribution is 2.05. The third-order valence-corrected chi connectivity index (χ3v) is 3.22. The Bertz CT molecular complexity index is 978. The summed E-state index contributed by atoms with van der Waals surface area (Å²) in [5, 5.41) is 3.99. The van der Waals surface area contributed by atoms with Crippen LogP contribution in [0.15, 0.2) is 53.5 Å². The van der Waals surface area contributed by atoms with Crippen molar-refractivity contribution in [2.45, 2.75) is 6.54 Å². The van der Waals surface area contributed by atoms with E-state index in [1.807, 2.05) is 0 Å². The third-order valence-electron chi connectivity index (χ3n) is 3.22. The minimum atomic E-state index is -0.802. The molecule has 0 saturated carbocycles. The Labute approximate surface area is 134 Å². The van der Waals surface area contributed by atoms with Crippen molar-refractivity contribution in [3.63, 3.8) is 0 Å². The molecule has 0 unspecified atom stereocenters. The Morgan fingerprint density at radius 1 is 1.08 bits per heavy atom. The molecule has 0 atom stereocenters. The van der Waals surface area contributed by atoms with Gasteiger partial charge in [-0.25, -0.2) is 13.9 Å². The number of carbonyl (C=O) groups is 2. The van der Waals surface area contributed by atoms with E-state index in [0.717, 1.165) is 10.7 Å². The summed E-state index contributed by atoms with van der Waals surface area (Å²) in [5.41, 5.74) is 3.90. The molecule has 2 amide bonds. The molecule has 122 valence electrons. The normalized spacial score (nSPS) is 10.5. The van der Waals surface area contributed by atoms with E-state index in [0.29, 0.717) is 5.65 Å². The maximum Gasteiger partial charge on any atom is 0.350 e. The number of benzene rings is 1. The lowest BCUT2D eigenvalue weighted by atomic mass is 10.2. The van der Waals surface area contributed by atoms with Crippen LogP contribution in [0.2, 0.25) is 0 Å². The number of hydrogen-bond acceptors (Lipinski definition) is 4. The summed E-state index contributed by atoms with van der Waals surface area (Å²) in [4.78, 5) is 35.6. The highest BCUT2D eigenvalue weighted by atomic mass is 19.1. The lowest BCUT2D eigenvalue weighted by molar-refractivity contribution is -0.122. The summed E-state index contributed by atoms with van der Waals surface area (Å²) >= 11 is 0. The topological polar surface area (TPSA) is 97.5 Å². The summed E-state index contributed by atoms with van der Waals surface area (Å²) in [6.07, 6.45) is 1.53. The molecule has 0 aliphatic carbocycles. The van der Waals surface area contributed by atoms with E-state index in [9.17, 15) is 18.8 Å². The molecular formula is C15H12FN5O3. The van der Waals surface area contributed by atoms with Crippen molar-refractivity contribution in [2.75, 3.05) is 0 Å². The highest BCUT2D eigenvalue weighted by molar-refractivity contribution is 5.95. The van der Waals surface area contributed by atoms with Crippen molar-refractivity contribution >= 4 is 17.5 Å². The van der Waals surface area contributed by atoms with Crippen molar-refractivity contribution in [3.8, 4) is 0 Å². The number of nitrogens with zero attached hydrogens (tertiary/aromatic N) is 3. The summed E-state index contributed by atoms with van der Waals surface area (Å²) in [7, 11) is 0. The van der Waals surface area contributed by atoms with Gasteiger partial charge in [0.05, 0.1) is 5.56 Å². The van der Waals surface area contributed by atoms with Crippen LogP contribution in [0, 0.1) is 5.82 Å². The van der Waals surface area contributed by atoms with Gasteiger partial charge in [-0.05, 0) is 24.3 Å². The molecule has 1 aromatic carbocycles. The lowest BCUT2D eigenvalue weighted by Crippen LogP contribution is -2.44. The molecular weight excluding hydrogens is 317 g/mol. The smallest absolute Gasteiger partial charge is 0.271 e. The first-order chi connectivity index (χ1) is 11.6. The number of halogens is 1. The molecule has 9 heteroatoms. The van der Waals surface area contributed by atoms with Gasteiger partial charge in [-0.2, -0.15) is 0 Å². The van der Waals surface area contributed by atoms with Crippen molar-refractivity contribution in [1.82, 2.24) is 25.0 Å². The molecule has 24 heavy (non-hydrogen) atoms. The number of nitrogens with one attached hydrogen (secondary N) is 2. The molecule has 0 spiro atoms. The minimum Gasteiger partial charge on any atom is -0.271 e. The van der Waals surface area contributed by atoms with Crippen LogP contribution in [0.4, 0.5) is 4.39 Å². The van der Waals surface area contributed by atoms with Crippen molar-refractivity contribution in [1.29, 1.82) is 0 Å². The second-order valence-electron chi connectivity index (χ2n) is 4.85. The van der Waals surface area contributed by atoms with Crippen molar-refractivity contribution in [2.24, 2.45) is 0 Å². The average molecular weight is 329 g/mol. The Hall–Kier alpha value is -3.49. The monoisotopic (exact) mass is 329 g/mol. The van der Waals surface area contributed by atoms with E-state index in [4.69, 9.17) is 0 Å². The average Bonchev–Trinajstić information content (AvgIpc) is 2.89. The van der Waals surface area contributed by atoms with Gasteiger partial charge in [0.25, 0.3) is 11.8 Å². The van der Waals surface area contributed by atoms with Gasteiger partial charge in [-0.15, -0.1) is 5.10 Å². The quantitative estimate of drug-likeness (QED) is 0.666. The van der Waals surface area contributed by atoms with Gasteiger partial charge in [0.2, 0.25) is 0 Å². The number of aromatic nitrogens is 3. The fourth-order valence-electron chi connectivity index (χ4n) is 2.09. The maximum atomic E-state index is 13.5. The van der Waals surface area contributed by atoms with Crippen LogP contribution in [0.1, 0.15) is 10.4 Å². The number of hydrogen-bond donors (Lipinski definition) is 2. The van der Waals surface area contributed by atoms with Gasteiger partial charge in [-0.3, -0.25) is 24.8 Å². The molecule has 0 bridgehead atoms. The van der Waals surface area contributed by atoms with Crippen LogP contribution >= 0.6 is 0 Å².